The number of fused-ring (bicyclic) bond motifs is 1. The molecule has 1 heterocycles. The molecule has 0 aliphatic carbocycles. The highest BCUT2D eigenvalue weighted by molar-refractivity contribution is 7.18. The fraction of sp³-hybridized carbons (Fsp3) is 0.176. The van der Waals surface area contributed by atoms with Gasteiger partial charge in [0.05, 0.1) is 16.8 Å². The molecule has 0 aliphatic heterocycles. The minimum absolute atomic E-state index is 0.159. The summed E-state index contributed by atoms with van der Waals surface area (Å²) in [6.07, 6.45) is -0.601. The van der Waals surface area contributed by atoms with Crippen LogP contribution in [0.25, 0.3) is 10.2 Å². The molecule has 1 aromatic heterocycles. The molecular weight excluding hydrogens is 296 g/mol. The summed E-state index contributed by atoms with van der Waals surface area (Å²) in [5, 5.41) is 3.78. The maximum Gasteiger partial charge on any atom is 0.254 e. The van der Waals surface area contributed by atoms with Gasteiger partial charge in [-0.3, -0.25) is 4.79 Å². The van der Waals surface area contributed by atoms with Gasteiger partial charge in [-0.05, 0) is 17.7 Å². The van der Waals surface area contributed by atoms with Crippen LogP contribution >= 0.6 is 11.3 Å². The second-order valence-electron chi connectivity index (χ2n) is 4.82. The zero-order chi connectivity index (χ0) is 15.4. The molecule has 0 bridgehead atoms. The summed E-state index contributed by atoms with van der Waals surface area (Å²) in [5.41, 5.74) is 1.80. The number of benzene rings is 2. The predicted molar refractivity (Wildman–Crippen MR) is 87.7 cm³/mol. The van der Waals surface area contributed by atoms with Crippen LogP contribution in [0.3, 0.4) is 0 Å². The molecule has 2 aromatic carbocycles. The normalized spacial score (nSPS) is 12.2. The Morgan fingerprint density at radius 3 is 2.64 bits per heavy atom. The fourth-order valence-electron chi connectivity index (χ4n) is 2.27. The lowest BCUT2D eigenvalue weighted by Gasteiger charge is -2.15. The van der Waals surface area contributed by atoms with Crippen molar-refractivity contribution < 1.29 is 9.53 Å². The number of para-hydroxylation sites is 1. The second kappa shape index (κ2) is 6.68. The third-order valence-electron chi connectivity index (χ3n) is 3.33. The van der Waals surface area contributed by atoms with Gasteiger partial charge < -0.3 is 10.1 Å². The fourth-order valence-corrected chi connectivity index (χ4v) is 3.18. The Hall–Kier alpha value is -2.24. The van der Waals surface area contributed by atoms with Crippen LogP contribution in [0.1, 0.15) is 16.7 Å². The summed E-state index contributed by atoms with van der Waals surface area (Å²) in [6, 6.07) is 17.4. The summed E-state index contributed by atoms with van der Waals surface area (Å²) in [6.45, 7) is 0.408. The van der Waals surface area contributed by atoms with Crippen LogP contribution < -0.4 is 5.32 Å². The molecule has 0 saturated carbocycles. The van der Waals surface area contributed by atoms with Gasteiger partial charge in [-0.2, -0.15) is 0 Å². The lowest BCUT2D eigenvalue weighted by molar-refractivity contribution is -0.131. The van der Waals surface area contributed by atoms with Gasteiger partial charge in [-0.1, -0.05) is 42.5 Å². The number of nitrogens with one attached hydrogen (secondary N) is 1. The summed E-state index contributed by atoms with van der Waals surface area (Å²) < 4.78 is 6.44. The maximum absolute atomic E-state index is 12.3. The SMILES string of the molecule is CO[C@@H](C(=O)NCc1nc2ccccc2s1)c1ccccc1. The van der Waals surface area contributed by atoms with Crippen molar-refractivity contribution in [2.24, 2.45) is 0 Å². The lowest BCUT2D eigenvalue weighted by atomic mass is 10.1. The Balaban J connectivity index is 1.68. The number of carbonyl (C=O) groups is 1. The average molecular weight is 312 g/mol. The first-order chi connectivity index (χ1) is 10.8. The van der Waals surface area contributed by atoms with E-state index in [9.17, 15) is 4.79 Å². The monoisotopic (exact) mass is 312 g/mol. The molecular formula is C17H16N2O2S. The maximum atomic E-state index is 12.3. The molecule has 0 aliphatic rings. The number of hydrogen-bond acceptors (Lipinski definition) is 4. The Kier molecular flexibility index (Phi) is 4.46. The molecule has 3 rings (SSSR count). The molecule has 1 N–H and O–H groups in total. The molecule has 5 heteroatoms. The molecule has 0 unspecified atom stereocenters. The zero-order valence-corrected chi connectivity index (χ0v) is 13.0. The van der Waals surface area contributed by atoms with Crippen molar-refractivity contribution in [2.45, 2.75) is 12.6 Å². The standard InChI is InChI=1S/C17H16N2O2S/c1-21-16(12-7-3-2-4-8-12)17(20)18-11-15-19-13-9-5-6-10-14(13)22-15/h2-10,16H,11H2,1H3,(H,18,20)/t16-/m1/s1. The first kappa shape index (κ1) is 14.7. The number of hydrogen-bond donors (Lipinski definition) is 1. The largest absolute Gasteiger partial charge is 0.367 e. The van der Waals surface area contributed by atoms with Crippen LogP contribution in [0.15, 0.2) is 54.6 Å². The van der Waals surface area contributed by atoms with Crippen LogP contribution in [0, 0.1) is 0 Å². The Labute approximate surface area is 132 Å². The van der Waals surface area contributed by atoms with Crippen LogP contribution in [0.2, 0.25) is 0 Å². The number of ether oxygens (including phenoxy) is 1. The van der Waals surface area contributed by atoms with E-state index >= 15 is 0 Å². The molecule has 0 radical (unpaired) electrons. The van der Waals surface area contributed by atoms with E-state index in [0.29, 0.717) is 6.54 Å². The van der Waals surface area contributed by atoms with Crippen molar-refractivity contribution in [3.63, 3.8) is 0 Å². The Morgan fingerprint density at radius 1 is 1.18 bits per heavy atom. The zero-order valence-electron chi connectivity index (χ0n) is 12.2. The highest BCUT2D eigenvalue weighted by Gasteiger charge is 2.19. The van der Waals surface area contributed by atoms with Gasteiger partial charge in [0.15, 0.2) is 6.10 Å². The highest BCUT2D eigenvalue weighted by atomic mass is 32.1. The molecule has 4 nitrogen and oxygen atoms in total. The first-order valence-electron chi connectivity index (χ1n) is 6.98. The van der Waals surface area contributed by atoms with E-state index in [1.165, 1.54) is 7.11 Å². The smallest absolute Gasteiger partial charge is 0.254 e. The number of rotatable bonds is 5. The average Bonchev–Trinajstić information content (AvgIpc) is 2.97. The van der Waals surface area contributed by atoms with Crippen LogP contribution in [0.5, 0.6) is 0 Å². The van der Waals surface area contributed by atoms with Crippen molar-refractivity contribution >= 4 is 27.5 Å². The minimum Gasteiger partial charge on any atom is -0.367 e. The number of amides is 1. The van der Waals surface area contributed by atoms with Crippen molar-refractivity contribution in [3.8, 4) is 0 Å². The Bertz CT molecular complexity index is 737. The molecule has 112 valence electrons. The van der Waals surface area contributed by atoms with E-state index in [1.54, 1.807) is 11.3 Å². The van der Waals surface area contributed by atoms with Gasteiger partial charge >= 0.3 is 0 Å². The number of carbonyl (C=O) groups excluding carboxylic acids is 1. The molecule has 1 atom stereocenters. The van der Waals surface area contributed by atoms with Crippen molar-refractivity contribution in [1.82, 2.24) is 10.3 Å². The summed E-state index contributed by atoms with van der Waals surface area (Å²) in [5.74, 6) is -0.159. The third kappa shape index (κ3) is 3.16. The number of nitrogens with zero attached hydrogens (tertiary/aromatic N) is 1. The molecule has 1 amide bonds. The molecule has 22 heavy (non-hydrogen) atoms. The van der Waals surface area contributed by atoms with E-state index < -0.39 is 6.10 Å². The third-order valence-corrected chi connectivity index (χ3v) is 4.36. The van der Waals surface area contributed by atoms with Gasteiger partial charge in [0.25, 0.3) is 5.91 Å². The molecule has 3 aromatic rings. The number of aromatic nitrogens is 1. The van der Waals surface area contributed by atoms with E-state index in [1.807, 2.05) is 54.6 Å². The van der Waals surface area contributed by atoms with E-state index in [4.69, 9.17) is 4.74 Å². The van der Waals surface area contributed by atoms with Gasteiger partial charge in [0.2, 0.25) is 0 Å². The van der Waals surface area contributed by atoms with Crippen LogP contribution in [-0.4, -0.2) is 18.0 Å². The van der Waals surface area contributed by atoms with Crippen molar-refractivity contribution in [1.29, 1.82) is 0 Å². The minimum atomic E-state index is -0.601. The number of methoxy groups -OCH3 is 1. The molecule has 0 spiro atoms. The highest BCUT2D eigenvalue weighted by Crippen LogP contribution is 2.22. The lowest BCUT2D eigenvalue weighted by Crippen LogP contribution is -2.29. The van der Waals surface area contributed by atoms with Crippen molar-refractivity contribution in [3.05, 3.63) is 65.2 Å². The van der Waals surface area contributed by atoms with E-state index in [2.05, 4.69) is 10.3 Å². The van der Waals surface area contributed by atoms with Crippen LogP contribution in [0.4, 0.5) is 0 Å². The van der Waals surface area contributed by atoms with E-state index in [-0.39, 0.29) is 5.91 Å². The topological polar surface area (TPSA) is 51.2 Å². The first-order valence-corrected chi connectivity index (χ1v) is 7.79. The van der Waals surface area contributed by atoms with Gasteiger partial charge in [-0.15, -0.1) is 11.3 Å². The summed E-state index contributed by atoms with van der Waals surface area (Å²) in [4.78, 5) is 16.8. The summed E-state index contributed by atoms with van der Waals surface area (Å²) in [7, 11) is 1.54. The van der Waals surface area contributed by atoms with Crippen molar-refractivity contribution in [2.75, 3.05) is 7.11 Å². The second-order valence-corrected chi connectivity index (χ2v) is 5.93. The summed E-state index contributed by atoms with van der Waals surface area (Å²) >= 11 is 1.59. The predicted octanol–water partition coefficient (Wildman–Crippen LogP) is 3.30. The van der Waals surface area contributed by atoms with Gasteiger partial charge in [0, 0.05) is 7.11 Å². The quantitative estimate of drug-likeness (QED) is 0.786. The molecule has 0 saturated heterocycles. The van der Waals surface area contributed by atoms with Crippen LogP contribution in [-0.2, 0) is 16.1 Å². The molecule has 0 fully saturated rings. The Morgan fingerprint density at radius 2 is 1.91 bits per heavy atom. The number of thiazole rings is 1. The van der Waals surface area contributed by atoms with E-state index in [0.717, 1.165) is 20.8 Å². The van der Waals surface area contributed by atoms with Gasteiger partial charge in [0.1, 0.15) is 5.01 Å². The van der Waals surface area contributed by atoms with Gasteiger partial charge in [-0.25, -0.2) is 4.98 Å².